The SMILES string of the molecule is O=C(CCNc1ccc(C(F)(F)F)cc1[N+](=O)[O-])Nc1cccc([N+](=O)[O-])c1. The Morgan fingerprint density at radius 3 is 2.36 bits per heavy atom. The van der Waals surface area contributed by atoms with Gasteiger partial charge >= 0.3 is 6.18 Å². The first kappa shape index (κ1) is 20.6. The molecule has 0 aliphatic heterocycles. The topological polar surface area (TPSA) is 127 Å². The van der Waals surface area contributed by atoms with Gasteiger partial charge in [-0.3, -0.25) is 25.0 Å². The Labute approximate surface area is 155 Å². The predicted molar refractivity (Wildman–Crippen MR) is 92.9 cm³/mol. The van der Waals surface area contributed by atoms with E-state index in [0.29, 0.717) is 12.1 Å². The molecule has 0 aliphatic rings. The lowest BCUT2D eigenvalue weighted by Crippen LogP contribution is -2.17. The summed E-state index contributed by atoms with van der Waals surface area (Å²) in [5, 5.41) is 26.7. The number of nitro groups is 2. The second-order valence-corrected chi connectivity index (χ2v) is 5.52. The molecule has 2 N–H and O–H groups in total. The van der Waals surface area contributed by atoms with Gasteiger partial charge in [-0.15, -0.1) is 0 Å². The number of anilines is 2. The van der Waals surface area contributed by atoms with Crippen LogP contribution in [0.25, 0.3) is 0 Å². The Morgan fingerprint density at radius 2 is 1.75 bits per heavy atom. The van der Waals surface area contributed by atoms with Crippen molar-refractivity contribution >= 4 is 28.7 Å². The number of alkyl halides is 3. The van der Waals surface area contributed by atoms with Crippen molar-refractivity contribution in [3.8, 4) is 0 Å². The van der Waals surface area contributed by atoms with Gasteiger partial charge in [-0.05, 0) is 18.2 Å². The standard InChI is InChI=1S/C16H13F3N4O5/c17-16(18,19)10-4-5-13(14(8-10)23(27)28)20-7-6-15(24)21-11-2-1-3-12(9-11)22(25)26/h1-5,8-9,20H,6-7H2,(H,21,24). The van der Waals surface area contributed by atoms with Crippen molar-refractivity contribution in [3.63, 3.8) is 0 Å². The molecule has 0 aromatic heterocycles. The molecule has 2 aromatic carbocycles. The molecule has 0 saturated carbocycles. The van der Waals surface area contributed by atoms with Crippen LogP contribution < -0.4 is 10.6 Å². The van der Waals surface area contributed by atoms with Gasteiger partial charge in [0.1, 0.15) is 5.69 Å². The minimum Gasteiger partial charge on any atom is -0.379 e. The van der Waals surface area contributed by atoms with E-state index in [9.17, 15) is 38.2 Å². The van der Waals surface area contributed by atoms with Crippen LogP contribution >= 0.6 is 0 Å². The summed E-state index contributed by atoms with van der Waals surface area (Å²) < 4.78 is 38.0. The van der Waals surface area contributed by atoms with E-state index in [1.54, 1.807) is 0 Å². The summed E-state index contributed by atoms with van der Waals surface area (Å²) in [6.07, 6.45) is -4.90. The van der Waals surface area contributed by atoms with Gasteiger partial charge in [0.15, 0.2) is 0 Å². The van der Waals surface area contributed by atoms with Crippen LogP contribution in [0.5, 0.6) is 0 Å². The fraction of sp³-hybridized carbons (Fsp3) is 0.188. The number of halogens is 3. The first-order chi connectivity index (χ1) is 13.1. The molecule has 9 nitrogen and oxygen atoms in total. The summed E-state index contributed by atoms with van der Waals surface area (Å²) in [5.74, 6) is -0.539. The maximum atomic E-state index is 12.7. The monoisotopic (exact) mass is 398 g/mol. The van der Waals surface area contributed by atoms with E-state index >= 15 is 0 Å². The number of hydrogen-bond donors (Lipinski definition) is 2. The molecule has 0 fully saturated rings. The number of amides is 1. The molecule has 1 amide bonds. The molecule has 148 valence electrons. The zero-order valence-electron chi connectivity index (χ0n) is 14.0. The molecule has 0 atom stereocenters. The van der Waals surface area contributed by atoms with Crippen LogP contribution in [-0.2, 0) is 11.0 Å². The Balaban J connectivity index is 1.99. The molecule has 0 aliphatic carbocycles. The van der Waals surface area contributed by atoms with Crippen molar-refractivity contribution < 1.29 is 27.8 Å². The van der Waals surface area contributed by atoms with Crippen LogP contribution in [0.3, 0.4) is 0 Å². The van der Waals surface area contributed by atoms with Gasteiger partial charge in [0.05, 0.1) is 15.4 Å². The molecule has 0 spiro atoms. The number of carbonyl (C=O) groups excluding carboxylic acids is 1. The highest BCUT2D eigenvalue weighted by atomic mass is 19.4. The van der Waals surface area contributed by atoms with Gasteiger partial charge in [-0.2, -0.15) is 13.2 Å². The second-order valence-electron chi connectivity index (χ2n) is 5.52. The average Bonchev–Trinajstić information content (AvgIpc) is 2.61. The largest absolute Gasteiger partial charge is 0.416 e. The number of nitro benzene ring substituents is 2. The molecule has 0 unspecified atom stereocenters. The lowest BCUT2D eigenvalue weighted by molar-refractivity contribution is -0.384. The highest BCUT2D eigenvalue weighted by Crippen LogP contribution is 2.34. The van der Waals surface area contributed by atoms with Crippen LogP contribution in [0.1, 0.15) is 12.0 Å². The molecule has 28 heavy (non-hydrogen) atoms. The molecule has 0 radical (unpaired) electrons. The number of hydrogen-bond acceptors (Lipinski definition) is 6. The number of nitrogens with zero attached hydrogens (tertiary/aromatic N) is 2. The summed E-state index contributed by atoms with van der Waals surface area (Å²) in [7, 11) is 0. The summed E-state index contributed by atoms with van der Waals surface area (Å²) >= 11 is 0. The summed E-state index contributed by atoms with van der Waals surface area (Å²) in [5.41, 5.74) is -2.11. The van der Waals surface area contributed by atoms with Crippen molar-refractivity contribution in [2.75, 3.05) is 17.2 Å². The van der Waals surface area contributed by atoms with Crippen LogP contribution in [0, 0.1) is 20.2 Å². The van der Waals surface area contributed by atoms with E-state index in [0.717, 1.165) is 12.1 Å². The van der Waals surface area contributed by atoms with Crippen LogP contribution in [0.2, 0.25) is 0 Å². The highest BCUT2D eigenvalue weighted by Gasteiger charge is 2.33. The molecule has 2 aromatic rings. The zero-order valence-corrected chi connectivity index (χ0v) is 14.0. The molecular formula is C16H13F3N4O5. The van der Waals surface area contributed by atoms with E-state index in [1.165, 1.54) is 18.2 Å². The molecule has 12 heteroatoms. The average molecular weight is 398 g/mol. The Bertz CT molecular complexity index is 917. The first-order valence-electron chi connectivity index (χ1n) is 7.72. The number of benzene rings is 2. The predicted octanol–water partition coefficient (Wildman–Crippen LogP) is 3.96. The first-order valence-corrected chi connectivity index (χ1v) is 7.72. The van der Waals surface area contributed by atoms with Crippen molar-refractivity contribution in [1.29, 1.82) is 0 Å². The van der Waals surface area contributed by atoms with Gasteiger partial charge in [0, 0.05) is 36.9 Å². The minimum atomic E-state index is -4.72. The van der Waals surface area contributed by atoms with E-state index in [1.807, 2.05) is 0 Å². The zero-order chi connectivity index (χ0) is 20.9. The fourth-order valence-corrected chi connectivity index (χ4v) is 2.24. The number of rotatable bonds is 7. The van der Waals surface area contributed by atoms with E-state index in [2.05, 4.69) is 10.6 Å². The van der Waals surface area contributed by atoms with Crippen molar-refractivity contribution in [2.24, 2.45) is 0 Å². The van der Waals surface area contributed by atoms with Gasteiger partial charge in [-0.25, -0.2) is 0 Å². The van der Waals surface area contributed by atoms with Gasteiger partial charge in [0.25, 0.3) is 11.4 Å². The van der Waals surface area contributed by atoms with Crippen molar-refractivity contribution in [2.45, 2.75) is 12.6 Å². The molecule has 0 saturated heterocycles. The number of non-ortho nitro benzene ring substituents is 1. The quantitative estimate of drug-likeness (QED) is 0.537. The minimum absolute atomic E-state index is 0.104. The highest BCUT2D eigenvalue weighted by molar-refractivity contribution is 5.91. The fourth-order valence-electron chi connectivity index (χ4n) is 2.24. The third-order valence-electron chi connectivity index (χ3n) is 3.53. The lowest BCUT2D eigenvalue weighted by Gasteiger charge is -2.10. The van der Waals surface area contributed by atoms with E-state index in [4.69, 9.17) is 0 Å². The Hall–Kier alpha value is -3.70. The second kappa shape index (κ2) is 8.33. The number of carbonyl (C=O) groups is 1. The van der Waals surface area contributed by atoms with E-state index in [-0.39, 0.29) is 30.0 Å². The molecular weight excluding hydrogens is 385 g/mol. The van der Waals surface area contributed by atoms with Gasteiger partial charge in [0.2, 0.25) is 5.91 Å². The third-order valence-corrected chi connectivity index (χ3v) is 3.53. The summed E-state index contributed by atoms with van der Waals surface area (Å²) in [6, 6.07) is 7.26. The Kier molecular flexibility index (Phi) is 6.13. The van der Waals surface area contributed by atoms with Crippen LogP contribution in [0.15, 0.2) is 42.5 Å². The maximum absolute atomic E-state index is 12.7. The van der Waals surface area contributed by atoms with Crippen LogP contribution in [0.4, 0.5) is 35.9 Å². The van der Waals surface area contributed by atoms with Crippen LogP contribution in [-0.4, -0.2) is 22.3 Å². The van der Waals surface area contributed by atoms with Crippen molar-refractivity contribution in [3.05, 3.63) is 68.3 Å². The number of nitrogens with one attached hydrogen (secondary N) is 2. The molecule has 0 heterocycles. The summed E-state index contributed by atoms with van der Waals surface area (Å²) in [6.45, 7) is -0.104. The van der Waals surface area contributed by atoms with Gasteiger partial charge < -0.3 is 10.6 Å². The van der Waals surface area contributed by atoms with Crippen molar-refractivity contribution in [1.82, 2.24) is 0 Å². The molecule has 2 rings (SSSR count). The molecule has 0 bridgehead atoms. The smallest absolute Gasteiger partial charge is 0.379 e. The van der Waals surface area contributed by atoms with E-state index < -0.39 is 33.2 Å². The van der Waals surface area contributed by atoms with Gasteiger partial charge in [-0.1, -0.05) is 6.07 Å². The Morgan fingerprint density at radius 1 is 1.04 bits per heavy atom. The third kappa shape index (κ3) is 5.40. The lowest BCUT2D eigenvalue weighted by atomic mass is 10.1. The normalized spacial score (nSPS) is 11.0. The maximum Gasteiger partial charge on any atom is 0.416 e. The summed E-state index contributed by atoms with van der Waals surface area (Å²) in [4.78, 5) is 32.0.